The summed E-state index contributed by atoms with van der Waals surface area (Å²) in [4.78, 5) is 0. The van der Waals surface area contributed by atoms with Crippen LogP contribution in [0.4, 0.5) is 26.3 Å². The number of hydrogen-bond donors (Lipinski definition) is 1. The topological polar surface area (TPSA) is 92.7 Å². The fourth-order valence-electron chi connectivity index (χ4n) is 1.10. The molecule has 1 aromatic rings. The Morgan fingerprint density at radius 2 is 1.38 bits per heavy atom. The van der Waals surface area contributed by atoms with Crippen molar-refractivity contribution in [3.05, 3.63) is 34.3 Å². The van der Waals surface area contributed by atoms with Gasteiger partial charge in [-0.3, -0.25) is 4.72 Å². The molecule has 0 heterocycles. The van der Waals surface area contributed by atoms with Crippen molar-refractivity contribution in [1.29, 1.82) is 0 Å². The average molecular weight is 463 g/mol. The van der Waals surface area contributed by atoms with Crippen molar-refractivity contribution in [1.82, 2.24) is 4.72 Å². The summed E-state index contributed by atoms with van der Waals surface area (Å²) in [6, 6.07) is 3.95. The van der Waals surface area contributed by atoms with Gasteiger partial charge in [-0.2, -0.15) is 43.2 Å². The van der Waals surface area contributed by atoms with Gasteiger partial charge in [0.2, 0.25) is 0 Å². The van der Waals surface area contributed by atoms with Gasteiger partial charge in [-0.1, -0.05) is 28.1 Å². The molecule has 1 rings (SSSR count). The molecular weight excluding hydrogens is 458 g/mol. The molecule has 15 heteroatoms. The minimum atomic E-state index is -6.29. The third-order valence-corrected chi connectivity index (χ3v) is 4.77. The van der Waals surface area contributed by atoms with E-state index in [2.05, 4.69) is 20.3 Å². The minimum Gasteiger partial charge on any atom is -0.259 e. The van der Waals surface area contributed by atoms with Crippen molar-refractivity contribution in [3.63, 3.8) is 0 Å². The summed E-state index contributed by atoms with van der Waals surface area (Å²) < 4.78 is 121. The maximum Gasteiger partial charge on any atom is 0.518 e. The first-order valence-corrected chi connectivity index (χ1v) is 9.05. The highest BCUT2D eigenvalue weighted by atomic mass is 79.9. The molecular formula is C9H5BrF6N2O4S2. The van der Waals surface area contributed by atoms with Crippen LogP contribution in [0.2, 0.25) is 0 Å². The Morgan fingerprint density at radius 3 is 1.75 bits per heavy atom. The summed E-state index contributed by atoms with van der Waals surface area (Å²) in [5.74, 6) is -1.66. The summed E-state index contributed by atoms with van der Waals surface area (Å²) in [5.41, 5.74) is -12.5. The second kappa shape index (κ2) is 6.51. The number of hydrogen-bond acceptors (Lipinski definition) is 4. The largest absolute Gasteiger partial charge is 0.518 e. The van der Waals surface area contributed by atoms with Crippen LogP contribution in [0.3, 0.4) is 0 Å². The molecule has 6 nitrogen and oxygen atoms in total. The minimum absolute atomic E-state index is 0.336. The summed E-state index contributed by atoms with van der Waals surface area (Å²) in [7, 11) is -12.5. The zero-order valence-corrected chi connectivity index (χ0v) is 14.1. The van der Waals surface area contributed by atoms with Crippen LogP contribution in [0, 0.1) is 0 Å². The molecule has 0 aliphatic heterocycles. The Hall–Kier alpha value is -1.35. The first-order valence-electron chi connectivity index (χ1n) is 5.33. The van der Waals surface area contributed by atoms with Crippen molar-refractivity contribution >= 4 is 41.8 Å². The smallest absolute Gasteiger partial charge is 0.259 e. The predicted octanol–water partition coefficient (Wildman–Crippen LogP) is 2.48. The number of benzene rings is 1. The second-order valence-electron chi connectivity index (χ2n) is 3.92. The van der Waals surface area contributed by atoms with Crippen LogP contribution in [0.1, 0.15) is 5.56 Å². The lowest BCUT2D eigenvalue weighted by Crippen LogP contribution is -2.41. The number of sulfonamides is 2. The van der Waals surface area contributed by atoms with Gasteiger partial charge in [0, 0.05) is 10.0 Å². The lowest BCUT2D eigenvalue weighted by Gasteiger charge is -2.13. The molecule has 0 radical (unpaired) electrons. The normalized spacial score (nSPS) is 14.5. The van der Waals surface area contributed by atoms with Gasteiger partial charge in [-0.25, -0.2) is 0 Å². The van der Waals surface area contributed by atoms with Crippen LogP contribution in [-0.4, -0.2) is 33.7 Å². The van der Waals surface area contributed by atoms with Gasteiger partial charge in [0.05, 0.1) is 0 Å². The van der Waals surface area contributed by atoms with E-state index in [1.807, 2.05) is 0 Å². The van der Waals surface area contributed by atoms with E-state index in [1.54, 1.807) is 0 Å². The molecule has 0 atom stereocenters. The van der Waals surface area contributed by atoms with Gasteiger partial charge in [0.25, 0.3) is 0 Å². The van der Waals surface area contributed by atoms with E-state index >= 15 is 0 Å². The first-order chi connectivity index (χ1) is 10.6. The Bertz CT molecular complexity index is 844. The van der Waals surface area contributed by atoms with E-state index in [1.165, 1.54) is 0 Å². The third-order valence-electron chi connectivity index (χ3n) is 2.16. The molecule has 0 saturated carbocycles. The Kier molecular flexibility index (Phi) is 5.62. The third kappa shape index (κ3) is 4.83. The number of nitrogens with zero attached hydrogens (tertiary/aromatic N) is 1. The van der Waals surface area contributed by atoms with E-state index < -0.39 is 42.5 Å². The summed E-state index contributed by atoms with van der Waals surface area (Å²) >= 11 is 2.92. The van der Waals surface area contributed by atoms with Crippen molar-refractivity contribution in [3.8, 4) is 0 Å². The molecule has 136 valence electrons. The molecule has 0 amide bonds. The number of amidine groups is 1. The summed E-state index contributed by atoms with van der Waals surface area (Å²) in [6.07, 6.45) is 0. The van der Waals surface area contributed by atoms with E-state index in [4.69, 9.17) is 0 Å². The molecule has 0 unspecified atom stereocenters. The quantitative estimate of drug-likeness (QED) is 0.424. The van der Waals surface area contributed by atoms with E-state index in [-0.39, 0.29) is 0 Å². The van der Waals surface area contributed by atoms with Crippen molar-refractivity contribution in [2.75, 3.05) is 0 Å². The van der Waals surface area contributed by atoms with Gasteiger partial charge in [-0.05, 0) is 12.1 Å². The van der Waals surface area contributed by atoms with Crippen LogP contribution in [0.25, 0.3) is 0 Å². The zero-order chi connectivity index (χ0) is 19.0. The van der Waals surface area contributed by atoms with Gasteiger partial charge < -0.3 is 0 Å². The molecule has 0 saturated heterocycles. The summed E-state index contributed by atoms with van der Waals surface area (Å²) in [6.45, 7) is 0. The van der Waals surface area contributed by atoms with Crippen LogP contribution in [0.5, 0.6) is 0 Å². The molecule has 0 aliphatic rings. The highest BCUT2D eigenvalue weighted by Gasteiger charge is 2.49. The van der Waals surface area contributed by atoms with Crippen LogP contribution in [-0.2, 0) is 20.0 Å². The van der Waals surface area contributed by atoms with Crippen molar-refractivity contribution in [2.24, 2.45) is 4.40 Å². The maximum absolute atomic E-state index is 12.4. The maximum atomic E-state index is 12.4. The highest BCUT2D eigenvalue weighted by Crippen LogP contribution is 2.26. The zero-order valence-electron chi connectivity index (χ0n) is 10.9. The molecule has 0 aromatic heterocycles. The van der Waals surface area contributed by atoms with Gasteiger partial charge >= 0.3 is 31.1 Å². The molecule has 0 bridgehead atoms. The van der Waals surface area contributed by atoms with Crippen LogP contribution < -0.4 is 4.72 Å². The molecule has 24 heavy (non-hydrogen) atoms. The monoisotopic (exact) mass is 462 g/mol. The SMILES string of the molecule is O=S(=O)(N=C(NS(=O)(=O)C(F)(F)F)c1ccc(Br)cc1)C(F)(F)F. The van der Waals surface area contributed by atoms with Crippen molar-refractivity contribution < 1.29 is 43.2 Å². The Balaban J connectivity index is 3.53. The first kappa shape index (κ1) is 20.7. The van der Waals surface area contributed by atoms with Gasteiger partial charge in [0.15, 0.2) is 5.84 Å². The molecule has 1 aromatic carbocycles. The standard InChI is InChI=1S/C9H5BrF6N2O4S2/c10-6-3-1-5(2-4-6)7(17-23(19,20)8(11,12)13)18-24(21,22)9(14,15)16/h1-4H,(H,17,18). The van der Waals surface area contributed by atoms with E-state index in [0.29, 0.717) is 9.19 Å². The molecule has 0 fully saturated rings. The Labute approximate surface area is 139 Å². The fourth-order valence-corrected chi connectivity index (χ4v) is 2.45. The van der Waals surface area contributed by atoms with Gasteiger partial charge in [0.1, 0.15) is 0 Å². The number of rotatable bonds is 3. The van der Waals surface area contributed by atoms with Gasteiger partial charge in [-0.15, -0.1) is 4.40 Å². The lowest BCUT2D eigenvalue weighted by molar-refractivity contribution is -0.0443. The van der Waals surface area contributed by atoms with E-state index in [9.17, 15) is 43.2 Å². The Morgan fingerprint density at radius 1 is 0.917 bits per heavy atom. The van der Waals surface area contributed by atoms with Crippen molar-refractivity contribution in [2.45, 2.75) is 11.0 Å². The number of nitrogens with one attached hydrogen (secondary N) is 1. The van der Waals surface area contributed by atoms with Crippen LogP contribution >= 0.6 is 15.9 Å². The molecule has 0 spiro atoms. The second-order valence-corrected chi connectivity index (χ2v) is 8.10. The predicted molar refractivity (Wildman–Crippen MR) is 73.8 cm³/mol. The summed E-state index contributed by atoms with van der Waals surface area (Å²) in [5, 5.41) is 0. The number of halogens is 7. The lowest BCUT2D eigenvalue weighted by atomic mass is 10.2. The highest BCUT2D eigenvalue weighted by molar-refractivity contribution is 9.10. The van der Waals surface area contributed by atoms with E-state index in [0.717, 1.165) is 24.3 Å². The molecule has 0 aliphatic carbocycles. The fraction of sp³-hybridized carbons (Fsp3) is 0.222. The average Bonchev–Trinajstić information content (AvgIpc) is 2.35. The van der Waals surface area contributed by atoms with Crippen LogP contribution in [0.15, 0.2) is 33.1 Å². The molecule has 1 N–H and O–H groups in total. The number of alkyl halides is 6.